The zero-order valence-corrected chi connectivity index (χ0v) is 11.3. The summed E-state index contributed by atoms with van der Waals surface area (Å²) in [5.74, 6) is 0.193. The summed E-state index contributed by atoms with van der Waals surface area (Å²) in [5.41, 5.74) is 1.64. The van der Waals surface area contributed by atoms with Gasteiger partial charge in [-0.25, -0.2) is 9.37 Å². The molecule has 0 unspecified atom stereocenters. The number of carbonyl (C=O) groups is 1. The molecule has 0 radical (unpaired) electrons. The average Bonchev–Trinajstić information content (AvgIpc) is 2.79. The maximum absolute atomic E-state index is 13.3. The van der Waals surface area contributed by atoms with E-state index in [4.69, 9.17) is 0 Å². The van der Waals surface area contributed by atoms with Gasteiger partial charge in [-0.15, -0.1) is 0 Å². The van der Waals surface area contributed by atoms with E-state index >= 15 is 0 Å². The Hall–Kier alpha value is -2.01. The molecule has 0 amide bonds. The average molecular weight is 319 g/mol. The van der Waals surface area contributed by atoms with Crippen LogP contribution < -0.4 is 0 Å². The zero-order valence-electron chi connectivity index (χ0n) is 9.68. The molecule has 3 aromatic rings. The van der Waals surface area contributed by atoms with Gasteiger partial charge in [0.2, 0.25) is 0 Å². The molecule has 1 aromatic carbocycles. The van der Waals surface area contributed by atoms with Crippen LogP contribution in [0.25, 0.3) is 16.9 Å². The van der Waals surface area contributed by atoms with E-state index in [1.807, 2.05) is 12.1 Å². The molecule has 5 heteroatoms. The lowest BCUT2D eigenvalue weighted by molar-refractivity contribution is 0.112. The standard InChI is InChI=1S/C14H8BrFN2O/c15-13-6-2-5-12-11(8-19)17-14(18(12)13)9-3-1-4-10(16)7-9/h1-8H. The summed E-state index contributed by atoms with van der Waals surface area (Å²) in [6, 6.07) is 11.6. The molecule has 94 valence electrons. The number of hydrogen-bond acceptors (Lipinski definition) is 2. The second-order valence-electron chi connectivity index (χ2n) is 4.02. The number of imidazole rings is 1. The van der Waals surface area contributed by atoms with Crippen LogP contribution in [0, 0.1) is 5.82 Å². The summed E-state index contributed by atoms with van der Waals surface area (Å²) < 4.78 is 15.9. The van der Waals surface area contributed by atoms with Crippen molar-refractivity contribution < 1.29 is 9.18 Å². The van der Waals surface area contributed by atoms with E-state index in [2.05, 4.69) is 20.9 Å². The van der Waals surface area contributed by atoms with Gasteiger partial charge >= 0.3 is 0 Å². The fraction of sp³-hybridized carbons (Fsp3) is 0. The first kappa shape index (κ1) is 12.0. The number of rotatable bonds is 2. The SMILES string of the molecule is O=Cc1nc(-c2cccc(F)c2)n2c(Br)cccc12. The van der Waals surface area contributed by atoms with Gasteiger partial charge < -0.3 is 0 Å². The first-order chi connectivity index (χ1) is 9.20. The topological polar surface area (TPSA) is 34.4 Å². The molecular weight excluding hydrogens is 311 g/mol. The molecule has 3 rings (SSSR count). The van der Waals surface area contributed by atoms with Crippen molar-refractivity contribution in [2.45, 2.75) is 0 Å². The largest absolute Gasteiger partial charge is 0.296 e. The quantitative estimate of drug-likeness (QED) is 0.533. The molecule has 0 aliphatic carbocycles. The second-order valence-corrected chi connectivity index (χ2v) is 4.83. The molecule has 19 heavy (non-hydrogen) atoms. The zero-order chi connectivity index (χ0) is 13.4. The lowest BCUT2D eigenvalue weighted by Gasteiger charge is -2.03. The van der Waals surface area contributed by atoms with E-state index in [1.165, 1.54) is 12.1 Å². The van der Waals surface area contributed by atoms with Gasteiger partial charge in [-0.05, 0) is 40.2 Å². The molecule has 0 bridgehead atoms. The van der Waals surface area contributed by atoms with Gasteiger partial charge in [0.1, 0.15) is 17.3 Å². The summed E-state index contributed by atoms with van der Waals surface area (Å²) in [6.07, 6.45) is 0.699. The predicted molar refractivity (Wildman–Crippen MR) is 73.7 cm³/mol. The van der Waals surface area contributed by atoms with Crippen molar-refractivity contribution in [2.75, 3.05) is 0 Å². The van der Waals surface area contributed by atoms with Crippen molar-refractivity contribution in [1.82, 2.24) is 9.38 Å². The van der Waals surface area contributed by atoms with E-state index in [0.717, 1.165) is 4.60 Å². The van der Waals surface area contributed by atoms with Gasteiger partial charge in [0.05, 0.1) is 10.1 Å². The van der Waals surface area contributed by atoms with Gasteiger partial charge in [0, 0.05) is 5.56 Å². The number of fused-ring (bicyclic) bond motifs is 1. The third-order valence-corrected chi connectivity index (χ3v) is 3.46. The van der Waals surface area contributed by atoms with Gasteiger partial charge in [-0.2, -0.15) is 0 Å². The summed E-state index contributed by atoms with van der Waals surface area (Å²) in [5, 5.41) is 0. The fourth-order valence-electron chi connectivity index (χ4n) is 2.03. The van der Waals surface area contributed by atoms with Crippen LogP contribution >= 0.6 is 15.9 Å². The monoisotopic (exact) mass is 318 g/mol. The van der Waals surface area contributed by atoms with Gasteiger partial charge in [-0.1, -0.05) is 18.2 Å². The highest BCUT2D eigenvalue weighted by atomic mass is 79.9. The van der Waals surface area contributed by atoms with Crippen LogP contribution in [-0.2, 0) is 0 Å². The number of aromatic nitrogens is 2. The first-order valence-corrected chi connectivity index (χ1v) is 6.38. The number of pyridine rings is 1. The smallest absolute Gasteiger partial charge is 0.170 e. The second kappa shape index (κ2) is 4.59. The van der Waals surface area contributed by atoms with Gasteiger partial charge in [0.25, 0.3) is 0 Å². The number of benzene rings is 1. The van der Waals surface area contributed by atoms with Crippen molar-refractivity contribution >= 4 is 27.7 Å². The third-order valence-electron chi connectivity index (χ3n) is 2.84. The lowest BCUT2D eigenvalue weighted by atomic mass is 10.2. The van der Waals surface area contributed by atoms with E-state index in [-0.39, 0.29) is 5.82 Å². The number of halogens is 2. The van der Waals surface area contributed by atoms with Crippen LogP contribution in [0.15, 0.2) is 47.1 Å². The third kappa shape index (κ3) is 1.96. The molecule has 3 nitrogen and oxygen atoms in total. The van der Waals surface area contributed by atoms with Crippen LogP contribution in [-0.4, -0.2) is 15.7 Å². The molecule has 0 atom stereocenters. The fourth-order valence-corrected chi connectivity index (χ4v) is 2.54. The molecule has 0 aliphatic heterocycles. The van der Waals surface area contributed by atoms with Crippen LogP contribution in [0.1, 0.15) is 10.5 Å². The minimum absolute atomic E-state index is 0.334. The Bertz CT molecular complexity index is 782. The Morgan fingerprint density at radius 3 is 2.74 bits per heavy atom. The Labute approximate surface area is 116 Å². The molecule has 0 spiro atoms. The van der Waals surface area contributed by atoms with Crippen LogP contribution in [0.3, 0.4) is 0 Å². The molecule has 0 aliphatic rings. The van der Waals surface area contributed by atoms with E-state index in [1.54, 1.807) is 22.6 Å². The molecule has 0 saturated heterocycles. The Kier molecular flexibility index (Phi) is 2.91. The minimum atomic E-state index is -0.339. The van der Waals surface area contributed by atoms with Gasteiger partial charge in [0.15, 0.2) is 6.29 Å². The summed E-state index contributed by atoms with van der Waals surface area (Å²) >= 11 is 3.42. The highest BCUT2D eigenvalue weighted by molar-refractivity contribution is 9.10. The predicted octanol–water partition coefficient (Wildman–Crippen LogP) is 3.72. The maximum atomic E-state index is 13.3. The van der Waals surface area contributed by atoms with Crippen molar-refractivity contribution in [1.29, 1.82) is 0 Å². The summed E-state index contributed by atoms with van der Waals surface area (Å²) in [7, 11) is 0. The Balaban J connectivity index is 2.38. The highest BCUT2D eigenvalue weighted by Gasteiger charge is 2.14. The molecule has 0 N–H and O–H groups in total. The normalized spacial score (nSPS) is 10.8. The molecule has 0 saturated carbocycles. The molecular formula is C14H8BrFN2O. The lowest BCUT2D eigenvalue weighted by Crippen LogP contribution is -1.91. The van der Waals surface area contributed by atoms with Crippen molar-refractivity contribution in [2.24, 2.45) is 0 Å². The summed E-state index contributed by atoms with van der Waals surface area (Å²) in [6.45, 7) is 0. The maximum Gasteiger partial charge on any atom is 0.170 e. The minimum Gasteiger partial charge on any atom is -0.296 e. The van der Waals surface area contributed by atoms with E-state index in [9.17, 15) is 9.18 Å². The number of aldehydes is 1. The highest BCUT2D eigenvalue weighted by Crippen LogP contribution is 2.26. The van der Waals surface area contributed by atoms with Crippen LogP contribution in [0.5, 0.6) is 0 Å². The number of nitrogens with zero attached hydrogens (tertiary/aromatic N) is 2. The molecule has 2 aromatic heterocycles. The van der Waals surface area contributed by atoms with Crippen molar-refractivity contribution in [3.8, 4) is 11.4 Å². The van der Waals surface area contributed by atoms with Crippen LogP contribution in [0.2, 0.25) is 0 Å². The van der Waals surface area contributed by atoms with E-state index in [0.29, 0.717) is 28.9 Å². The number of carbonyl (C=O) groups excluding carboxylic acids is 1. The Morgan fingerprint density at radius 1 is 1.21 bits per heavy atom. The van der Waals surface area contributed by atoms with Crippen molar-refractivity contribution in [3.05, 3.63) is 58.6 Å². The van der Waals surface area contributed by atoms with Gasteiger partial charge in [-0.3, -0.25) is 9.20 Å². The summed E-state index contributed by atoms with van der Waals surface area (Å²) in [4.78, 5) is 15.4. The Morgan fingerprint density at radius 2 is 2.00 bits per heavy atom. The van der Waals surface area contributed by atoms with Crippen molar-refractivity contribution in [3.63, 3.8) is 0 Å². The number of hydrogen-bond donors (Lipinski definition) is 0. The molecule has 0 fully saturated rings. The van der Waals surface area contributed by atoms with E-state index < -0.39 is 0 Å². The van der Waals surface area contributed by atoms with Crippen LogP contribution in [0.4, 0.5) is 4.39 Å². The first-order valence-electron chi connectivity index (χ1n) is 5.59. The molecule has 2 heterocycles.